The summed E-state index contributed by atoms with van der Waals surface area (Å²) in [6.45, 7) is 2.13. The molecule has 4 rings (SSSR count). The topological polar surface area (TPSA) is 100 Å². The van der Waals surface area contributed by atoms with Crippen LogP contribution < -0.4 is 10.6 Å². The van der Waals surface area contributed by atoms with Crippen LogP contribution in [0.5, 0.6) is 0 Å². The van der Waals surface area contributed by atoms with Crippen molar-refractivity contribution in [3.05, 3.63) is 82.7 Å². The largest absolute Gasteiger partial charge is 0.361 e. The van der Waals surface area contributed by atoms with Gasteiger partial charge in [0.05, 0.1) is 11.5 Å². The van der Waals surface area contributed by atoms with Gasteiger partial charge in [-0.05, 0) is 30.2 Å². The summed E-state index contributed by atoms with van der Waals surface area (Å²) >= 11 is 7.74. The summed E-state index contributed by atoms with van der Waals surface area (Å²) in [6.07, 6.45) is 1.97. The Balaban J connectivity index is 1.37. The van der Waals surface area contributed by atoms with Crippen LogP contribution in [0, 0.1) is 6.92 Å². The predicted octanol–water partition coefficient (Wildman–Crippen LogP) is 4.74. The average Bonchev–Trinajstić information content (AvgIpc) is 3.41. The van der Waals surface area contributed by atoms with Crippen LogP contribution in [-0.2, 0) is 9.59 Å². The third-order valence-electron chi connectivity index (χ3n) is 5.14. The molecule has 7 nitrogen and oxygen atoms in total. The van der Waals surface area contributed by atoms with Gasteiger partial charge in [-0.2, -0.15) is 0 Å². The molecule has 1 atom stereocenters. The molecular formula is C24H23ClN4O3S. The molecule has 2 heterocycles. The van der Waals surface area contributed by atoms with Crippen molar-refractivity contribution in [1.82, 2.24) is 15.5 Å². The molecule has 33 heavy (non-hydrogen) atoms. The third-order valence-corrected chi connectivity index (χ3v) is 6.42. The standard InChI is InChI=1S/C24H23ClN4O3S/c1-15-10-22(29-32-15)28-24(31)14-33-13-23(30)27-12-18(16-6-2-4-8-20(16)25)19-11-26-21-9-5-3-7-17(19)21/h2-11,18,26H,12-14H2,1H3,(H,27,30)(H,28,29,31). The SMILES string of the molecule is Cc1cc(NC(=O)CSCC(=O)NCC(c2ccccc2Cl)c2c[nH]c3ccccc23)no1. The molecule has 0 aliphatic heterocycles. The number of carbonyl (C=O) groups excluding carboxylic acids is 2. The summed E-state index contributed by atoms with van der Waals surface area (Å²) < 4.78 is 4.92. The molecule has 0 bridgehead atoms. The van der Waals surface area contributed by atoms with Gasteiger partial charge in [-0.15, -0.1) is 11.8 Å². The molecule has 0 aliphatic carbocycles. The van der Waals surface area contributed by atoms with Crippen LogP contribution in [0.15, 0.2) is 65.3 Å². The number of para-hydroxylation sites is 1. The quantitative estimate of drug-likeness (QED) is 0.320. The zero-order chi connectivity index (χ0) is 23.2. The Morgan fingerprint density at radius 1 is 1.09 bits per heavy atom. The van der Waals surface area contributed by atoms with E-state index in [2.05, 4.69) is 26.8 Å². The number of aromatic amines is 1. The molecule has 170 valence electrons. The van der Waals surface area contributed by atoms with Crippen LogP contribution in [0.1, 0.15) is 22.8 Å². The van der Waals surface area contributed by atoms with Gasteiger partial charge < -0.3 is 20.1 Å². The number of hydrogen-bond acceptors (Lipinski definition) is 5. The van der Waals surface area contributed by atoms with Crippen molar-refractivity contribution in [3.8, 4) is 0 Å². The summed E-state index contributed by atoms with van der Waals surface area (Å²) in [4.78, 5) is 27.8. The van der Waals surface area contributed by atoms with Gasteiger partial charge in [0.1, 0.15) is 5.76 Å². The van der Waals surface area contributed by atoms with Gasteiger partial charge >= 0.3 is 0 Å². The van der Waals surface area contributed by atoms with Crippen LogP contribution in [0.2, 0.25) is 5.02 Å². The fourth-order valence-corrected chi connectivity index (χ4v) is 4.55. The zero-order valence-electron chi connectivity index (χ0n) is 17.9. The molecule has 0 saturated carbocycles. The first-order chi connectivity index (χ1) is 16.0. The van der Waals surface area contributed by atoms with Gasteiger partial charge in [0.15, 0.2) is 5.82 Å². The first kappa shape index (κ1) is 22.9. The van der Waals surface area contributed by atoms with Gasteiger partial charge in [-0.25, -0.2) is 0 Å². The number of nitrogens with zero attached hydrogens (tertiary/aromatic N) is 1. The van der Waals surface area contributed by atoms with Crippen molar-refractivity contribution in [2.45, 2.75) is 12.8 Å². The maximum Gasteiger partial charge on any atom is 0.235 e. The lowest BCUT2D eigenvalue weighted by Gasteiger charge is -2.19. The molecule has 0 aliphatic rings. The highest BCUT2D eigenvalue weighted by atomic mass is 35.5. The van der Waals surface area contributed by atoms with Crippen LogP contribution >= 0.6 is 23.4 Å². The average molecular weight is 483 g/mol. The summed E-state index contributed by atoms with van der Waals surface area (Å²) in [5, 5.41) is 11.1. The lowest BCUT2D eigenvalue weighted by Crippen LogP contribution is -2.30. The Hall–Kier alpha value is -3.23. The van der Waals surface area contributed by atoms with E-state index in [1.807, 2.05) is 48.7 Å². The van der Waals surface area contributed by atoms with Gasteiger partial charge in [-0.1, -0.05) is 53.2 Å². The predicted molar refractivity (Wildman–Crippen MR) is 132 cm³/mol. The first-order valence-corrected chi connectivity index (χ1v) is 11.9. The van der Waals surface area contributed by atoms with Crippen LogP contribution in [-0.4, -0.2) is 40.0 Å². The normalized spacial score (nSPS) is 11.9. The second-order valence-electron chi connectivity index (χ2n) is 7.53. The van der Waals surface area contributed by atoms with Gasteiger partial charge in [0.25, 0.3) is 0 Å². The summed E-state index contributed by atoms with van der Waals surface area (Å²) in [6, 6.07) is 17.3. The van der Waals surface area contributed by atoms with E-state index in [-0.39, 0.29) is 29.2 Å². The van der Waals surface area contributed by atoms with E-state index >= 15 is 0 Å². The van der Waals surface area contributed by atoms with Crippen LogP contribution in [0.3, 0.4) is 0 Å². The fourth-order valence-electron chi connectivity index (χ4n) is 3.63. The van der Waals surface area contributed by atoms with Gasteiger partial charge in [-0.3, -0.25) is 9.59 Å². The molecule has 2 amide bonds. The molecule has 1 unspecified atom stereocenters. The minimum atomic E-state index is -0.242. The molecule has 0 spiro atoms. The third kappa shape index (κ3) is 5.77. The second kappa shape index (κ2) is 10.6. The molecule has 9 heteroatoms. The van der Waals surface area contributed by atoms with Crippen molar-refractivity contribution in [3.63, 3.8) is 0 Å². The summed E-state index contributed by atoms with van der Waals surface area (Å²) in [5.74, 6) is 0.757. The number of amides is 2. The zero-order valence-corrected chi connectivity index (χ0v) is 19.5. The first-order valence-electron chi connectivity index (χ1n) is 10.4. The number of benzene rings is 2. The maximum atomic E-state index is 12.5. The Morgan fingerprint density at radius 3 is 2.64 bits per heavy atom. The van der Waals surface area contributed by atoms with Crippen molar-refractivity contribution in [2.75, 3.05) is 23.4 Å². The Bertz CT molecular complexity index is 1270. The van der Waals surface area contributed by atoms with E-state index in [4.69, 9.17) is 16.1 Å². The molecule has 3 N–H and O–H groups in total. The number of hydrogen-bond donors (Lipinski definition) is 3. The van der Waals surface area contributed by atoms with Crippen molar-refractivity contribution in [1.29, 1.82) is 0 Å². The maximum absolute atomic E-state index is 12.5. The lowest BCUT2D eigenvalue weighted by molar-refractivity contribution is -0.118. The fraction of sp³-hybridized carbons (Fsp3) is 0.208. The van der Waals surface area contributed by atoms with E-state index in [0.717, 1.165) is 22.0 Å². The Morgan fingerprint density at radius 2 is 1.85 bits per heavy atom. The number of aryl methyl sites for hydroxylation is 1. The van der Waals surface area contributed by atoms with Crippen molar-refractivity contribution < 1.29 is 14.1 Å². The highest BCUT2D eigenvalue weighted by Crippen LogP contribution is 2.34. The Kier molecular flexibility index (Phi) is 7.36. The highest BCUT2D eigenvalue weighted by Gasteiger charge is 2.21. The molecule has 0 fully saturated rings. The van der Waals surface area contributed by atoms with E-state index in [1.165, 1.54) is 11.8 Å². The number of fused-ring (bicyclic) bond motifs is 1. The number of rotatable bonds is 9. The monoisotopic (exact) mass is 482 g/mol. The molecule has 2 aromatic heterocycles. The number of thioether (sulfide) groups is 1. The number of anilines is 1. The van der Waals surface area contributed by atoms with E-state index in [1.54, 1.807) is 13.0 Å². The number of halogens is 1. The minimum absolute atomic E-state index is 0.123. The van der Waals surface area contributed by atoms with Crippen LogP contribution in [0.4, 0.5) is 5.82 Å². The molecular weight excluding hydrogens is 460 g/mol. The molecule has 4 aromatic rings. The molecule has 0 radical (unpaired) electrons. The van der Waals surface area contributed by atoms with E-state index in [9.17, 15) is 9.59 Å². The minimum Gasteiger partial charge on any atom is -0.361 e. The number of nitrogens with one attached hydrogen (secondary N) is 3. The molecule has 0 saturated heterocycles. The second-order valence-corrected chi connectivity index (χ2v) is 8.92. The Labute approximate surface area is 200 Å². The van der Waals surface area contributed by atoms with E-state index < -0.39 is 0 Å². The molecule has 2 aromatic carbocycles. The number of carbonyl (C=O) groups is 2. The lowest BCUT2D eigenvalue weighted by atomic mass is 9.91. The summed E-state index contributed by atoms with van der Waals surface area (Å²) in [5.41, 5.74) is 3.04. The number of H-pyrrole nitrogens is 1. The smallest absolute Gasteiger partial charge is 0.235 e. The number of aromatic nitrogens is 2. The van der Waals surface area contributed by atoms with Gasteiger partial charge in [0.2, 0.25) is 11.8 Å². The van der Waals surface area contributed by atoms with Crippen molar-refractivity contribution >= 4 is 51.9 Å². The highest BCUT2D eigenvalue weighted by molar-refractivity contribution is 8.00. The van der Waals surface area contributed by atoms with Crippen LogP contribution in [0.25, 0.3) is 10.9 Å². The van der Waals surface area contributed by atoms with Crippen molar-refractivity contribution in [2.24, 2.45) is 0 Å². The van der Waals surface area contributed by atoms with E-state index in [0.29, 0.717) is 23.1 Å². The van der Waals surface area contributed by atoms with Gasteiger partial charge in [0, 0.05) is 40.7 Å². The summed E-state index contributed by atoms with van der Waals surface area (Å²) in [7, 11) is 0.